The number of nitrogens with one attached hydrogen (secondary N) is 2. The molecule has 3 aliphatic rings. The average molecular weight is 446 g/mol. The predicted molar refractivity (Wildman–Crippen MR) is 123 cm³/mol. The molecule has 9 heteroatoms. The summed E-state index contributed by atoms with van der Waals surface area (Å²) in [6.07, 6.45) is 7.72. The maximum absolute atomic E-state index is 13.9. The van der Waals surface area contributed by atoms with Crippen molar-refractivity contribution < 1.29 is 9.31 Å². The smallest absolute Gasteiger partial charge is 0.295 e. The Labute approximate surface area is 188 Å². The molecule has 3 aliphatic carbocycles. The molecule has 2 bridgehead atoms. The highest BCUT2D eigenvalue weighted by molar-refractivity contribution is 5.98. The molecule has 0 aliphatic heterocycles. The van der Waals surface area contributed by atoms with Crippen LogP contribution in [0, 0.1) is 33.7 Å². The van der Waals surface area contributed by atoms with Crippen molar-refractivity contribution in [3.63, 3.8) is 0 Å². The SMILES string of the molecule is CC1C2CCC(CC2)C1Nc1nc(-c2c[nH]c3ncc(F)cc23)nc2c([N+](=O)[O-])cccc12. The lowest BCUT2D eigenvalue weighted by molar-refractivity contribution is -0.383. The second-order valence-electron chi connectivity index (χ2n) is 9.28. The summed E-state index contributed by atoms with van der Waals surface area (Å²) in [5, 5.41) is 16.6. The zero-order valence-electron chi connectivity index (χ0n) is 18.1. The molecule has 3 fully saturated rings. The molecule has 0 amide bonds. The van der Waals surface area contributed by atoms with Gasteiger partial charge in [0.05, 0.1) is 11.1 Å². The molecule has 0 saturated heterocycles. The fraction of sp³-hybridized carbons (Fsp3) is 0.375. The number of aromatic amines is 1. The number of hydrogen-bond donors (Lipinski definition) is 2. The lowest BCUT2D eigenvalue weighted by Gasteiger charge is -2.47. The Balaban J connectivity index is 1.54. The topological polar surface area (TPSA) is 110 Å². The monoisotopic (exact) mass is 446 g/mol. The summed E-state index contributed by atoms with van der Waals surface area (Å²) in [6, 6.07) is 6.55. The number of hydrogen-bond acceptors (Lipinski definition) is 6. The molecule has 3 heterocycles. The van der Waals surface area contributed by atoms with Crippen molar-refractivity contribution in [1.82, 2.24) is 19.9 Å². The summed E-state index contributed by atoms with van der Waals surface area (Å²) >= 11 is 0. The third-order valence-corrected chi connectivity index (χ3v) is 7.58. The minimum Gasteiger partial charge on any atom is -0.366 e. The van der Waals surface area contributed by atoms with E-state index in [0.29, 0.717) is 51.4 Å². The second-order valence-corrected chi connectivity index (χ2v) is 9.28. The van der Waals surface area contributed by atoms with Crippen molar-refractivity contribution in [2.75, 3.05) is 5.32 Å². The summed E-state index contributed by atoms with van der Waals surface area (Å²) in [5.41, 5.74) is 1.24. The van der Waals surface area contributed by atoms with Crippen LogP contribution in [0.4, 0.5) is 15.9 Å². The number of non-ortho nitro benzene ring substituents is 1. The fourth-order valence-electron chi connectivity index (χ4n) is 5.84. The molecule has 3 saturated carbocycles. The van der Waals surface area contributed by atoms with Gasteiger partial charge in [-0.05, 0) is 55.6 Å². The van der Waals surface area contributed by atoms with Crippen LogP contribution in [0.2, 0.25) is 0 Å². The van der Waals surface area contributed by atoms with Crippen LogP contribution in [0.25, 0.3) is 33.3 Å². The fourth-order valence-corrected chi connectivity index (χ4v) is 5.84. The van der Waals surface area contributed by atoms with E-state index in [0.717, 1.165) is 6.20 Å². The number of halogens is 1. The van der Waals surface area contributed by atoms with Crippen LogP contribution in [0.15, 0.2) is 36.7 Å². The normalized spacial score (nSPS) is 24.4. The number of H-pyrrole nitrogens is 1. The highest BCUT2D eigenvalue weighted by atomic mass is 19.1. The minimum absolute atomic E-state index is 0.0819. The molecule has 2 atom stereocenters. The van der Waals surface area contributed by atoms with E-state index in [1.165, 1.54) is 37.8 Å². The molecule has 33 heavy (non-hydrogen) atoms. The molecule has 4 aromatic rings. The van der Waals surface area contributed by atoms with E-state index in [1.807, 2.05) is 6.07 Å². The Kier molecular flexibility index (Phi) is 4.53. The Hall–Kier alpha value is -3.62. The molecule has 7 rings (SSSR count). The van der Waals surface area contributed by atoms with Gasteiger partial charge >= 0.3 is 0 Å². The molecular formula is C24H23FN6O2. The van der Waals surface area contributed by atoms with Gasteiger partial charge in [0.15, 0.2) is 11.3 Å². The Morgan fingerprint density at radius 2 is 1.94 bits per heavy atom. The quantitative estimate of drug-likeness (QED) is 0.318. The molecule has 2 N–H and O–H groups in total. The van der Waals surface area contributed by atoms with Gasteiger partial charge in [0.25, 0.3) is 5.69 Å². The molecule has 2 unspecified atom stereocenters. The van der Waals surface area contributed by atoms with Crippen LogP contribution in [0.1, 0.15) is 32.6 Å². The lowest BCUT2D eigenvalue weighted by Crippen LogP contribution is -2.47. The first kappa shape index (κ1) is 20.0. The predicted octanol–water partition coefficient (Wildman–Crippen LogP) is 5.46. The first-order valence-electron chi connectivity index (χ1n) is 11.3. The number of anilines is 1. The summed E-state index contributed by atoms with van der Waals surface area (Å²) in [7, 11) is 0. The molecule has 0 spiro atoms. The molecule has 0 radical (unpaired) electrons. The van der Waals surface area contributed by atoms with Crippen LogP contribution >= 0.6 is 0 Å². The Morgan fingerprint density at radius 1 is 1.15 bits per heavy atom. The highest BCUT2D eigenvalue weighted by Gasteiger charge is 2.41. The van der Waals surface area contributed by atoms with Gasteiger partial charge in [-0.15, -0.1) is 0 Å². The van der Waals surface area contributed by atoms with Crippen molar-refractivity contribution in [3.05, 3.63) is 52.6 Å². The van der Waals surface area contributed by atoms with Crippen LogP contribution in [0.5, 0.6) is 0 Å². The van der Waals surface area contributed by atoms with Crippen molar-refractivity contribution in [3.8, 4) is 11.4 Å². The van der Waals surface area contributed by atoms with E-state index in [4.69, 9.17) is 4.98 Å². The van der Waals surface area contributed by atoms with Gasteiger partial charge in [-0.2, -0.15) is 0 Å². The van der Waals surface area contributed by atoms with Crippen molar-refractivity contribution in [1.29, 1.82) is 0 Å². The molecular weight excluding hydrogens is 423 g/mol. The Morgan fingerprint density at radius 3 is 2.70 bits per heavy atom. The van der Waals surface area contributed by atoms with Crippen molar-refractivity contribution in [2.45, 2.75) is 38.6 Å². The van der Waals surface area contributed by atoms with Crippen LogP contribution in [-0.4, -0.2) is 30.9 Å². The number of fused-ring (bicyclic) bond motifs is 5. The summed E-state index contributed by atoms with van der Waals surface area (Å²) in [5.74, 6) is 2.16. The number of rotatable bonds is 4. The largest absolute Gasteiger partial charge is 0.366 e. The highest BCUT2D eigenvalue weighted by Crippen LogP contribution is 2.46. The first-order chi connectivity index (χ1) is 16.0. The lowest BCUT2D eigenvalue weighted by atomic mass is 9.62. The summed E-state index contributed by atoms with van der Waals surface area (Å²) < 4.78 is 13.9. The number of nitro groups is 1. The van der Waals surface area contributed by atoms with Crippen molar-refractivity contribution in [2.24, 2.45) is 17.8 Å². The number of para-hydroxylation sites is 1. The van der Waals surface area contributed by atoms with E-state index in [2.05, 4.69) is 27.2 Å². The third kappa shape index (κ3) is 3.21. The van der Waals surface area contributed by atoms with Gasteiger partial charge in [0, 0.05) is 34.6 Å². The minimum atomic E-state index is -0.472. The van der Waals surface area contributed by atoms with E-state index < -0.39 is 10.7 Å². The number of pyridine rings is 1. The number of aromatic nitrogens is 4. The third-order valence-electron chi connectivity index (χ3n) is 7.58. The zero-order valence-corrected chi connectivity index (χ0v) is 18.1. The molecule has 8 nitrogen and oxygen atoms in total. The van der Waals surface area contributed by atoms with Gasteiger partial charge in [0.1, 0.15) is 17.3 Å². The maximum atomic E-state index is 13.9. The van der Waals surface area contributed by atoms with Crippen LogP contribution in [-0.2, 0) is 0 Å². The Bertz CT molecular complexity index is 1390. The number of nitro benzene ring substituents is 1. The van der Waals surface area contributed by atoms with E-state index in [-0.39, 0.29) is 17.2 Å². The van der Waals surface area contributed by atoms with Gasteiger partial charge in [-0.1, -0.05) is 13.0 Å². The standard InChI is InChI=1S/C24H23FN6O2/c1-12-13-5-7-14(8-6-13)20(12)28-23-16-3-2-4-19(31(32)33)21(16)29-24(30-23)18-11-27-22-17(18)9-15(25)10-26-22/h2-4,9-14,20H,5-8H2,1H3,(H,26,27)(H,28,29,30). The first-order valence-corrected chi connectivity index (χ1v) is 11.3. The van der Waals surface area contributed by atoms with Gasteiger partial charge in [0.2, 0.25) is 0 Å². The number of benzene rings is 1. The summed E-state index contributed by atoms with van der Waals surface area (Å²) in [6.45, 7) is 2.29. The van der Waals surface area contributed by atoms with Crippen LogP contribution < -0.4 is 5.32 Å². The van der Waals surface area contributed by atoms with Gasteiger partial charge < -0.3 is 10.3 Å². The van der Waals surface area contributed by atoms with E-state index in [1.54, 1.807) is 12.3 Å². The van der Waals surface area contributed by atoms with Gasteiger partial charge in [-0.25, -0.2) is 19.3 Å². The molecule has 168 valence electrons. The van der Waals surface area contributed by atoms with Crippen LogP contribution in [0.3, 0.4) is 0 Å². The zero-order chi connectivity index (χ0) is 22.7. The molecule has 3 aromatic heterocycles. The maximum Gasteiger partial charge on any atom is 0.295 e. The van der Waals surface area contributed by atoms with Crippen molar-refractivity contribution >= 4 is 33.4 Å². The number of nitrogens with zero attached hydrogens (tertiary/aromatic N) is 4. The summed E-state index contributed by atoms with van der Waals surface area (Å²) in [4.78, 5) is 27.9. The van der Waals surface area contributed by atoms with Gasteiger partial charge in [-0.3, -0.25) is 10.1 Å². The average Bonchev–Trinajstić information content (AvgIpc) is 3.24. The molecule has 1 aromatic carbocycles. The van der Waals surface area contributed by atoms with E-state index >= 15 is 0 Å². The second kappa shape index (κ2) is 7.47. The van der Waals surface area contributed by atoms with E-state index in [9.17, 15) is 14.5 Å².